The highest BCUT2D eigenvalue weighted by atomic mass is 32.1. The molecule has 7 heteroatoms. The third-order valence-corrected chi connectivity index (χ3v) is 3.66. The molecule has 0 amide bonds. The fraction of sp³-hybridized carbons (Fsp3) is 0.455. The Morgan fingerprint density at radius 3 is 2.61 bits per heavy atom. The number of halogens is 3. The van der Waals surface area contributed by atoms with E-state index >= 15 is 0 Å². The summed E-state index contributed by atoms with van der Waals surface area (Å²) in [4.78, 5) is 5.31. The van der Waals surface area contributed by atoms with Crippen molar-refractivity contribution in [2.45, 2.75) is 32.5 Å². The Morgan fingerprint density at radius 1 is 1.33 bits per heavy atom. The first-order chi connectivity index (χ1) is 8.35. The largest absolute Gasteiger partial charge is 0.408 e. The molecular weight excluding hydrogens is 263 g/mol. The normalized spacial score (nSPS) is 12.3. The number of alkyl halides is 3. The minimum absolute atomic E-state index is 0.362. The van der Waals surface area contributed by atoms with E-state index in [1.807, 2.05) is 13.8 Å². The van der Waals surface area contributed by atoms with Crippen molar-refractivity contribution < 1.29 is 13.2 Å². The second kappa shape index (κ2) is 4.72. The van der Waals surface area contributed by atoms with E-state index in [9.17, 15) is 13.2 Å². The first-order valence-electron chi connectivity index (χ1n) is 5.40. The smallest absolute Gasteiger partial charge is 0.263 e. The zero-order valence-electron chi connectivity index (χ0n) is 9.90. The van der Waals surface area contributed by atoms with Crippen molar-refractivity contribution >= 4 is 11.3 Å². The number of rotatable bonds is 3. The van der Waals surface area contributed by atoms with Crippen LogP contribution in [0, 0.1) is 0 Å². The van der Waals surface area contributed by atoms with E-state index in [4.69, 9.17) is 0 Å². The van der Waals surface area contributed by atoms with Crippen LogP contribution in [0.2, 0.25) is 0 Å². The van der Waals surface area contributed by atoms with Crippen LogP contribution < -0.4 is 0 Å². The SMILES string of the molecule is CC(C)c1cnc(-c2cnn(CC(F)(F)F)c2)s1. The van der Waals surface area contributed by atoms with Gasteiger partial charge in [-0.15, -0.1) is 11.3 Å². The molecule has 0 fully saturated rings. The van der Waals surface area contributed by atoms with Crippen molar-refractivity contribution in [1.29, 1.82) is 0 Å². The summed E-state index contributed by atoms with van der Waals surface area (Å²) in [5.41, 5.74) is 0.621. The van der Waals surface area contributed by atoms with Crippen molar-refractivity contribution in [1.82, 2.24) is 14.8 Å². The molecule has 18 heavy (non-hydrogen) atoms. The Bertz CT molecular complexity index is 528. The molecule has 0 aliphatic heterocycles. The molecule has 2 aromatic rings. The summed E-state index contributed by atoms with van der Waals surface area (Å²) in [5, 5.41) is 4.40. The predicted molar refractivity (Wildman–Crippen MR) is 63.5 cm³/mol. The minimum atomic E-state index is -4.25. The van der Waals surface area contributed by atoms with Crippen molar-refractivity contribution in [3.05, 3.63) is 23.5 Å². The summed E-state index contributed by atoms with van der Waals surface area (Å²) >= 11 is 1.48. The Morgan fingerprint density at radius 2 is 2.06 bits per heavy atom. The summed E-state index contributed by atoms with van der Waals surface area (Å²) in [6, 6.07) is 0. The highest BCUT2D eigenvalue weighted by Crippen LogP contribution is 2.29. The molecule has 0 atom stereocenters. The van der Waals surface area contributed by atoms with Gasteiger partial charge < -0.3 is 0 Å². The lowest BCUT2D eigenvalue weighted by atomic mass is 10.2. The van der Waals surface area contributed by atoms with Crippen molar-refractivity contribution in [3.63, 3.8) is 0 Å². The lowest BCUT2D eigenvalue weighted by Crippen LogP contribution is -2.17. The molecule has 0 bridgehead atoms. The monoisotopic (exact) mass is 275 g/mol. The summed E-state index contributed by atoms with van der Waals surface area (Å²) in [6.45, 7) is 3.02. The van der Waals surface area contributed by atoms with Gasteiger partial charge in [0.05, 0.1) is 6.20 Å². The third kappa shape index (κ3) is 3.10. The molecule has 2 aromatic heterocycles. The fourth-order valence-electron chi connectivity index (χ4n) is 1.43. The molecular formula is C11H12F3N3S. The lowest BCUT2D eigenvalue weighted by Gasteiger charge is -2.04. The van der Waals surface area contributed by atoms with E-state index in [0.717, 1.165) is 9.56 Å². The number of aromatic nitrogens is 3. The van der Waals surface area contributed by atoms with Gasteiger partial charge in [0.25, 0.3) is 0 Å². The molecule has 0 spiro atoms. The van der Waals surface area contributed by atoms with Crippen LogP contribution in [-0.4, -0.2) is 20.9 Å². The molecule has 2 rings (SSSR count). The highest BCUT2D eigenvalue weighted by molar-refractivity contribution is 7.15. The van der Waals surface area contributed by atoms with Crippen LogP contribution >= 0.6 is 11.3 Å². The maximum absolute atomic E-state index is 12.2. The Labute approximate surface area is 106 Å². The van der Waals surface area contributed by atoms with Gasteiger partial charge in [0.15, 0.2) is 0 Å². The van der Waals surface area contributed by atoms with Gasteiger partial charge in [-0.2, -0.15) is 18.3 Å². The molecule has 0 saturated heterocycles. The molecule has 0 N–H and O–H groups in total. The van der Waals surface area contributed by atoms with Gasteiger partial charge >= 0.3 is 6.18 Å². The number of thiazole rings is 1. The molecule has 98 valence electrons. The quantitative estimate of drug-likeness (QED) is 0.855. The predicted octanol–water partition coefficient (Wildman–Crippen LogP) is 3.69. The third-order valence-electron chi connectivity index (χ3n) is 2.31. The van der Waals surface area contributed by atoms with Crippen molar-refractivity contribution in [3.8, 4) is 10.6 Å². The van der Waals surface area contributed by atoms with Crippen LogP contribution in [0.25, 0.3) is 10.6 Å². The average molecular weight is 275 g/mol. The Hall–Kier alpha value is -1.37. The van der Waals surface area contributed by atoms with Gasteiger partial charge in [0.2, 0.25) is 0 Å². The minimum Gasteiger partial charge on any atom is -0.263 e. The summed E-state index contributed by atoms with van der Waals surface area (Å²) < 4.78 is 37.4. The van der Waals surface area contributed by atoms with E-state index < -0.39 is 12.7 Å². The van der Waals surface area contributed by atoms with E-state index in [2.05, 4.69) is 10.1 Å². The fourth-order valence-corrected chi connectivity index (χ4v) is 2.32. The molecule has 2 heterocycles. The lowest BCUT2D eigenvalue weighted by molar-refractivity contribution is -0.142. The summed E-state index contributed by atoms with van der Waals surface area (Å²) in [7, 11) is 0. The van der Waals surface area contributed by atoms with Gasteiger partial charge in [0.1, 0.15) is 11.6 Å². The number of hydrogen-bond acceptors (Lipinski definition) is 3. The van der Waals surface area contributed by atoms with Crippen LogP contribution in [0.15, 0.2) is 18.6 Å². The Kier molecular flexibility index (Phi) is 3.43. The number of hydrogen-bond donors (Lipinski definition) is 0. The van der Waals surface area contributed by atoms with Crippen LogP contribution in [0.3, 0.4) is 0 Å². The molecule has 0 radical (unpaired) electrons. The zero-order chi connectivity index (χ0) is 13.3. The molecule has 0 aliphatic rings. The molecule has 0 aliphatic carbocycles. The molecule has 3 nitrogen and oxygen atoms in total. The maximum atomic E-state index is 12.2. The van der Waals surface area contributed by atoms with Crippen LogP contribution in [0.1, 0.15) is 24.6 Å². The summed E-state index contributed by atoms with van der Waals surface area (Å²) in [5.74, 6) is 0.362. The summed E-state index contributed by atoms with van der Waals surface area (Å²) in [6.07, 6.45) is 0.284. The van der Waals surface area contributed by atoms with E-state index in [0.29, 0.717) is 16.5 Å². The van der Waals surface area contributed by atoms with Gasteiger partial charge in [0, 0.05) is 22.8 Å². The first-order valence-corrected chi connectivity index (χ1v) is 6.22. The van der Waals surface area contributed by atoms with E-state index in [1.165, 1.54) is 23.7 Å². The van der Waals surface area contributed by atoms with E-state index in [1.54, 1.807) is 6.20 Å². The average Bonchev–Trinajstić information content (AvgIpc) is 2.81. The molecule has 0 saturated carbocycles. The van der Waals surface area contributed by atoms with Gasteiger partial charge in [-0.1, -0.05) is 13.8 Å². The van der Waals surface area contributed by atoms with Crippen LogP contribution in [-0.2, 0) is 6.54 Å². The standard InChI is InChI=1S/C11H12F3N3S/c1-7(2)9-4-15-10(18-9)8-3-16-17(5-8)6-11(12,13)14/h3-5,7H,6H2,1-2H3. The van der Waals surface area contributed by atoms with Crippen LogP contribution in [0.5, 0.6) is 0 Å². The maximum Gasteiger partial charge on any atom is 0.408 e. The molecule has 0 aromatic carbocycles. The van der Waals surface area contributed by atoms with Crippen molar-refractivity contribution in [2.24, 2.45) is 0 Å². The van der Waals surface area contributed by atoms with Crippen LogP contribution in [0.4, 0.5) is 13.2 Å². The second-order valence-corrected chi connectivity index (χ2v) is 5.33. The van der Waals surface area contributed by atoms with Gasteiger partial charge in [-0.3, -0.25) is 4.68 Å². The molecule has 0 unspecified atom stereocenters. The number of nitrogens with zero attached hydrogens (tertiary/aromatic N) is 3. The topological polar surface area (TPSA) is 30.7 Å². The second-order valence-electron chi connectivity index (χ2n) is 4.26. The van der Waals surface area contributed by atoms with Crippen molar-refractivity contribution in [2.75, 3.05) is 0 Å². The van der Waals surface area contributed by atoms with Gasteiger partial charge in [-0.25, -0.2) is 4.98 Å². The zero-order valence-corrected chi connectivity index (χ0v) is 10.7. The highest BCUT2D eigenvalue weighted by Gasteiger charge is 2.28. The van der Waals surface area contributed by atoms with Gasteiger partial charge in [-0.05, 0) is 5.92 Å². The first kappa shape index (κ1) is 13.1. The van der Waals surface area contributed by atoms with E-state index in [-0.39, 0.29) is 0 Å². The Balaban J connectivity index is 2.18.